The Labute approximate surface area is 125 Å². The van der Waals surface area contributed by atoms with Gasteiger partial charge in [-0.15, -0.1) is 0 Å². The first kappa shape index (κ1) is 17.5. The molecular weight excluding hydrogens is 248 g/mol. The first-order valence-corrected chi connectivity index (χ1v) is 7.97. The molecule has 0 bridgehead atoms. The summed E-state index contributed by atoms with van der Waals surface area (Å²) in [5.41, 5.74) is 5.33. The second-order valence-corrected chi connectivity index (χ2v) is 8.68. The van der Waals surface area contributed by atoms with Crippen molar-refractivity contribution in [3.05, 3.63) is 0 Å². The number of hydrogen-bond donors (Lipinski definition) is 2. The standard InChI is InChI=1S/C17H34N2O/c1-15(2,3)12-10-8-9-11-13(12)19-14(20)16(4,5)17(6,7)18/h12-13H,8-11,18H2,1-7H3,(H,19,20). The number of nitrogens with two attached hydrogens (primary N) is 1. The fraction of sp³-hybridized carbons (Fsp3) is 0.941. The lowest BCUT2D eigenvalue weighted by molar-refractivity contribution is -0.134. The van der Waals surface area contributed by atoms with E-state index in [1.807, 2.05) is 27.7 Å². The van der Waals surface area contributed by atoms with Crippen molar-refractivity contribution in [1.82, 2.24) is 5.32 Å². The summed E-state index contributed by atoms with van der Waals surface area (Å²) in [4.78, 5) is 12.7. The van der Waals surface area contributed by atoms with Crippen molar-refractivity contribution in [1.29, 1.82) is 0 Å². The van der Waals surface area contributed by atoms with Crippen molar-refractivity contribution < 1.29 is 4.79 Å². The molecule has 1 saturated carbocycles. The van der Waals surface area contributed by atoms with Gasteiger partial charge in [-0.3, -0.25) is 4.79 Å². The normalized spacial score (nSPS) is 25.4. The molecule has 0 heterocycles. The largest absolute Gasteiger partial charge is 0.353 e. The van der Waals surface area contributed by atoms with Gasteiger partial charge >= 0.3 is 0 Å². The lowest BCUT2D eigenvalue weighted by atomic mass is 9.68. The molecule has 3 heteroatoms. The summed E-state index contributed by atoms with van der Waals surface area (Å²) in [6, 6.07) is 0.290. The molecule has 2 atom stereocenters. The van der Waals surface area contributed by atoms with Gasteiger partial charge in [0.2, 0.25) is 5.91 Å². The predicted octanol–water partition coefficient (Wildman–Crippen LogP) is 3.47. The smallest absolute Gasteiger partial charge is 0.227 e. The van der Waals surface area contributed by atoms with Crippen LogP contribution in [-0.4, -0.2) is 17.5 Å². The summed E-state index contributed by atoms with van der Waals surface area (Å²) in [5, 5.41) is 3.30. The molecule has 0 spiro atoms. The zero-order valence-electron chi connectivity index (χ0n) is 14.5. The molecule has 0 aliphatic heterocycles. The van der Waals surface area contributed by atoms with Gasteiger partial charge in [-0.2, -0.15) is 0 Å². The van der Waals surface area contributed by atoms with E-state index in [0.717, 1.165) is 6.42 Å². The Balaban J connectivity index is 2.83. The Morgan fingerprint density at radius 3 is 1.95 bits per heavy atom. The van der Waals surface area contributed by atoms with E-state index in [9.17, 15) is 4.79 Å². The highest BCUT2D eigenvalue weighted by Gasteiger charge is 2.43. The quantitative estimate of drug-likeness (QED) is 0.832. The molecule has 1 aliphatic rings. The second-order valence-electron chi connectivity index (χ2n) is 8.68. The predicted molar refractivity (Wildman–Crippen MR) is 85.4 cm³/mol. The van der Waals surface area contributed by atoms with Gasteiger partial charge in [0.15, 0.2) is 0 Å². The van der Waals surface area contributed by atoms with Crippen molar-refractivity contribution in [2.45, 2.75) is 85.7 Å². The molecule has 3 N–H and O–H groups in total. The van der Waals surface area contributed by atoms with Crippen molar-refractivity contribution >= 4 is 5.91 Å². The summed E-state index contributed by atoms with van der Waals surface area (Å²) in [6.07, 6.45) is 4.79. The Morgan fingerprint density at radius 1 is 1.00 bits per heavy atom. The third kappa shape index (κ3) is 3.75. The van der Waals surface area contributed by atoms with Crippen LogP contribution in [0.2, 0.25) is 0 Å². The van der Waals surface area contributed by atoms with E-state index in [2.05, 4.69) is 26.1 Å². The zero-order chi connectivity index (χ0) is 15.8. The zero-order valence-corrected chi connectivity index (χ0v) is 14.5. The molecule has 3 nitrogen and oxygen atoms in total. The minimum absolute atomic E-state index is 0.0890. The van der Waals surface area contributed by atoms with Crippen molar-refractivity contribution in [3.63, 3.8) is 0 Å². The van der Waals surface area contributed by atoms with Gasteiger partial charge in [-0.25, -0.2) is 0 Å². The van der Waals surface area contributed by atoms with Crippen LogP contribution in [0.5, 0.6) is 0 Å². The summed E-state index contributed by atoms with van der Waals surface area (Å²) < 4.78 is 0. The highest BCUT2D eigenvalue weighted by atomic mass is 16.2. The van der Waals surface area contributed by atoms with Gasteiger partial charge in [-0.05, 0) is 51.9 Å². The van der Waals surface area contributed by atoms with Crippen LogP contribution in [0.25, 0.3) is 0 Å². The van der Waals surface area contributed by atoms with Gasteiger partial charge < -0.3 is 11.1 Å². The molecule has 118 valence electrons. The van der Waals surface area contributed by atoms with Crippen molar-refractivity contribution in [2.75, 3.05) is 0 Å². The van der Waals surface area contributed by atoms with Crippen LogP contribution in [0, 0.1) is 16.7 Å². The SMILES string of the molecule is CC(C)(C)C1CCCCC1NC(=O)C(C)(C)C(C)(C)N. The number of nitrogens with one attached hydrogen (secondary N) is 1. The molecule has 0 saturated heterocycles. The van der Waals surface area contributed by atoms with E-state index < -0.39 is 11.0 Å². The van der Waals surface area contributed by atoms with Gasteiger partial charge in [-0.1, -0.05) is 33.6 Å². The Hall–Kier alpha value is -0.570. The molecule has 20 heavy (non-hydrogen) atoms. The minimum atomic E-state index is -0.563. The van der Waals surface area contributed by atoms with E-state index in [0.29, 0.717) is 5.92 Å². The van der Waals surface area contributed by atoms with E-state index >= 15 is 0 Å². The van der Waals surface area contributed by atoms with Crippen molar-refractivity contribution in [3.8, 4) is 0 Å². The summed E-state index contributed by atoms with van der Waals surface area (Å²) >= 11 is 0. The fourth-order valence-electron chi connectivity index (χ4n) is 2.98. The maximum absolute atomic E-state index is 12.7. The lowest BCUT2D eigenvalue weighted by Crippen LogP contribution is -2.58. The fourth-order valence-corrected chi connectivity index (χ4v) is 2.98. The van der Waals surface area contributed by atoms with Crippen LogP contribution in [0.4, 0.5) is 0 Å². The van der Waals surface area contributed by atoms with E-state index in [4.69, 9.17) is 5.73 Å². The highest BCUT2D eigenvalue weighted by molar-refractivity contribution is 5.83. The molecule has 1 rings (SSSR count). The molecule has 1 aliphatic carbocycles. The van der Waals surface area contributed by atoms with Gasteiger partial charge in [0, 0.05) is 11.6 Å². The summed E-state index contributed by atoms with van der Waals surface area (Å²) in [6.45, 7) is 14.6. The summed E-state index contributed by atoms with van der Waals surface area (Å²) in [7, 11) is 0. The number of carbonyl (C=O) groups is 1. The van der Waals surface area contributed by atoms with Gasteiger partial charge in [0.05, 0.1) is 5.41 Å². The minimum Gasteiger partial charge on any atom is -0.353 e. The number of amides is 1. The molecule has 0 aromatic rings. The molecular formula is C17H34N2O. The Bertz CT molecular complexity index is 347. The van der Waals surface area contributed by atoms with Crippen LogP contribution in [0.3, 0.4) is 0 Å². The second kappa shape index (κ2) is 5.67. The number of rotatable bonds is 3. The Morgan fingerprint density at radius 2 is 1.50 bits per heavy atom. The maximum Gasteiger partial charge on any atom is 0.227 e. The number of carbonyl (C=O) groups excluding carboxylic acids is 1. The third-order valence-electron chi connectivity index (χ3n) is 5.37. The average molecular weight is 282 g/mol. The first-order valence-electron chi connectivity index (χ1n) is 7.97. The molecule has 1 amide bonds. The Kier molecular flexibility index (Phi) is 4.95. The van der Waals surface area contributed by atoms with E-state index in [-0.39, 0.29) is 17.4 Å². The van der Waals surface area contributed by atoms with Crippen LogP contribution in [-0.2, 0) is 4.79 Å². The van der Waals surface area contributed by atoms with Gasteiger partial charge in [0.25, 0.3) is 0 Å². The lowest BCUT2D eigenvalue weighted by Gasteiger charge is -2.44. The number of hydrogen-bond acceptors (Lipinski definition) is 2. The average Bonchev–Trinajstić information content (AvgIpc) is 2.26. The van der Waals surface area contributed by atoms with Crippen LogP contribution in [0.1, 0.15) is 74.1 Å². The molecule has 0 aromatic heterocycles. The van der Waals surface area contributed by atoms with Crippen LogP contribution >= 0.6 is 0 Å². The van der Waals surface area contributed by atoms with Crippen LogP contribution in [0.15, 0.2) is 0 Å². The monoisotopic (exact) mass is 282 g/mol. The molecule has 1 fully saturated rings. The summed E-state index contributed by atoms with van der Waals surface area (Å²) in [5.74, 6) is 0.642. The third-order valence-corrected chi connectivity index (χ3v) is 5.37. The topological polar surface area (TPSA) is 55.1 Å². The van der Waals surface area contributed by atoms with Crippen molar-refractivity contribution in [2.24, 2.45) is 22.5 Å². The maximum atomic E-state index is 12.7. The van der Waals surface area contributed by atoms with Gasteiger partial charge in [0.1, 0.15) is 0 Å². The molecule has 2 unspecified atom stereocenters. The molecule has 0 radical (unpaired) electrons. The van der Waals surface area contributed by atoms with Crippen LogP contribution < -0.4 is 11.1 Å². The van der Waals surface area contributed by atoms with E-state index in [1.54, 1.807) is 0 Å². The molecule has 0 aromatic carbocycles. The highest BCUT2D eigenvalue weighted by Crippen LogP contribution is 2.39. The van der Waals surface area contributed by atoms with E-state index in [1.165, 1.54) is 19.3 Å². The first-order chi connectivity index (χ1) is 8.87.